The van der Waals surface area contributed by atoms with E-state index in [0.717, 1.165) is 6.07 Å². The number of rotatable bonds is 4. The Hall–Kier alpha value is -2.78. The van der Waals surface area contributed by atoms with Crippen LogP contribution in [0, 0.1) is 0 Å². The Morgan fingerprint density at radius 2 is 1.17 bits per heavy atom. The number of benzene rings is 2. The van der Waals surface area contributed by atoms with Crippen molar-refractivity contribution in [2.45, 2.75) is 23.9 Å². The second-order valence-electron chi connectivity index (χ2n) is 6.16. The molecule has 154 valence electrons. The molecule has 0 saturated heterocycles. The maximum absolute atomic E-state index is 14.4. The van der Waals surface area contributed by atoms with E-state index in [4.69, 9.17) is 0 Å². The van der Waals surface area contributed by atoms with E-state index >= 15 is 0 Å². The van der Waals surface area contributed by atoms with Crippen LogP contribution >= 0.6 is 0 Å². The van der Waals surface area contributed by atoms with Gasteiger partial charge < -0.3 is 0 Å². The predicted molar refractivity (Wildman–Crippen MR) is 87.0 cm³/mol. The average molecular weight is 423 g/mol. The average Bonchev–Trinajstić information content (AvgIpc) is 2.66. The summed E-state index contributed by atoms with van der Waals surface area (Å²) in [6.07, 6.45) is -6.89. The van der Waals surface area contributed by atoms with Crippen molar-refractivity contribution >= 4 is 10.9 Å². The third kappa shape index (κ3) is 3.20. The van der Waals surface area contributed by atoms with E-state index in [0.29, 0.717) is 6.07 Å². The molecule has 29 heavy (non-hydrogen) atoms. The van der Waals surface area contributed by atoms with Crippen molar-refractivity contribution in [3.05, 3.63) is 66.4 Å². The first-order valence-electron chi connectivity index (χ1n) is 7.96. The summed E-state index contributed by atoms with van der Waals surface area (Å²) in [5.41, 5.74) is -1.98. The van der Waals surface area contributed by atoms with E-state index in [9.17, 15) is 39.5 Å². The standard InChI is InChI=1S/C19H10F9N/c20-16(21,17(22,23)18(24,25)19(26,27)28)15-10-13(11-6-2-1-3-7-11)12-8-4-5-9-14(12)29-15/h1-10H. The molecule has 0 N–H and O–H groups in total. The lowest BCUT2D eigenvalue weighted by molar-refractivity contribution is -0.400. The van der Waals surface area contributed by atoms with Gasteiger partial charge in [0, 0.05) is 5.39 Å². The second kappa shape index (κ2) is 6.64. The molecular formula is C19H10F9N. The van der Waals surface area contributed by atoms with Gasteiger partial charge >= 0.3 is 23.9 Å². The molecule has 1 nitrogen and oxygen atoms in total. The number of hydrogen-bond donors (Lipinski definition) is 0. The number of pyridine rings is 1. The van der Waals surface area contributed by atoms with Crippen LogP contribution in [0.3, 0.4) is 0 Å². The molecule has 0 spiro atoms. The Kier molecular flexibility index (Phi) is 4.79. The molecule has 0 aliphatic heterocycles. The fourth-order valence-electron chi connectivity index (χ4n) is 2.73. The van der Waals surface area contributed by atoms with Crippen LogP contribution in [0.15, 0.2) is 60.7 Å². The van der Waals surface area contributed by atoms with Gasteiger partial charge in [0.15, 0.2) is 0 Å². The van der Waals surface area contributed by atoms with Crippen LogP contribution in [-0.2, 0) is 5.92 Å². The summed E-state index contributed by atoms with van der Waals surface area (Å²) in [7, 11) is 0. The van der Waals surface area contributed by atoms with Gasteiger partial charge in [0.25, 0.3) is 0 Å². The Morgan fingerprint density at radius 3 is 1.76 bits per heavy atom. The quantitative estimate of drug-likeness (QED) is 0.420. The molecule has 0 unspecified atom stereocenters. The maximum Gasteiger partial charge on any atom is 0.460 e. The molecule has 0 fully saturated rings. The molecule has 1 aromatic heterocycles. The summed E-state index contributed by atoms with van der Waals surface area (Å²) in [5.74, 6) is -19.7. The van der Waals surface area contributed by atoms with Crippen molar-refractivity contribution in [2.24, 2.45) is 0 Å². The Balaban J connectivity index is 2.27. The van der Waals surface area contributed by atoms with Gasteiger partial charge in [0.05, 0.1) is 5.52 Å². The first kappa shape index (κ1) is 20.9. The third-order valence-electron chi connectivity index (χ3n) is 4.27. The Bertz CT molecular complexity index is 1030. The van der Waals surface area contributed by atoms with Crippen LogP contribution in [0.25, 0.3) is 22.0 Å². The number of fused-ring (bicyclic) bond motifs is 1. The van der Waals surface area contributed by atoms with Gasteiger partial charge in [0.2, 0.25) is 0 Å². The lowest BCUT2D eigenvalue weighted by Crippen LogP contribution is -2.59. The highest BCUT2D eigenvalue weighted by molar-refractivity contribution is 5.94. The molecule has 0 aliphatic rings. The summed E-state index contributed by atoms with van der Waals surface area (Å²) in [6.45, 7) is 0. The highest BCUT2D eigenvalue weighted by atomic mass is 19.4. The molecule has 0 bridgehead atoms. The lowest BCUT2D eigenvalue weighted by Gasteiger charge is -2.33. The number of nitrogens with zero attached hydrogens (tertiary/aromatic N) is 1. The monoisotopic (exact) mass is 423 g/mol. The maximum atomic E-state index is 14.4. The predicted octanol–water partition coefficient (Wildman–Crippen LogP) is 6.83. The molecular weight excluding hydrogens is 413 g/mol. The molecule has 0 aliphatic carbocycles. The molecule has 0 atom stereocenters. The first-order chi connectivity index (χ1) is 13.3. The minimum atomic E-state index is -6.98. The van der Waals surface area contributed by atoms with Crippen LogP contribution < -0.4 is 0 Å². The van der Waals surface area contributed by atoms with Crippen molar-refractivity contribution in [2.75, 3.05) is 0 Å². The zero-order valence-corrected chi connectivity index (χ0v) is 14.1. The number of aromatic nitrogens is 1. The minimum absolute atomic E-state index is 0.0722. The molecule has 0 saturated carbocycles. The van der Waals surface area contributed by atoms with Gasteiger partial charge in [0.1, 0.15) is 5.69 Å². The lowest BCUT2D eigenvalue weighted by atomic mass is 9.95. The fraction of sp³-hybridized carbons (Fsp3) is 0.211. The number of alkyl halides is 9. The van der Waals surface area contributed by atoms with Crippen LogP contribution in [0.1, 0.15) is 5.69 Å². The van der Waals surface area contributed by atoms with Gasteiger partial charge in [-0.1, -0.05) is 48.5 Å². The van der Waals surface area contributed by atoms with E-state index in [1.54, 1.807) is 6.07 Å². The Morgan fingerprint density at radius 1 is 0.621 bits per heavy atom. The smallest absolute Gasteiger partial charge is 0.246 e. The molecule has 2 aromatic carbocycles. The first-order valence-corrected chi connectivity index (χ1v) is 7.96. The van der Waals surface area contributed by atoms with Gasteiger partial charge in [-0.05, 0) is 23.3 Å². The van der Waals surface area contributed by atoms with E-state index in [1.165, 1.54) is 42.5 Å². The normalized spacial score (nSPS) is 13.7. The fourth-order valence-corrected chi connectivity index (χ4v) is 2.73. The summed E-state index contributed by atoms with van der Waals surface area (Å²) in [6, 6.07) is 13.3. The largest absolute Gasteiger partial charge is 0.460 e. The second-order valence-corrected chi connectivity index (χ2v) is 6.16. The number of para-hydroxylation sites is 1. The molecule has 1 heterocycles. The zero-order valence-electron chi connectivity index (χ0n) is 14.1. The number of halogens is 9. The molecule has 10 heteroatoms. The molecule has 0 radical (unpaired) electrons. The van der Waals surface area contributed by atoms with Crippen LogP contribution in [0.4, 0.5) is 39.5 Å². The van der Waals surface area contributed by atoms with Gasteiger partial charge in [-0.25, -0.2) is 4.98 Å². The van der Waals surface area contributed by atoms with Crippen molar-refractivity contribution in [1.82, 2.24) is 4.98 Å². The van der Waals surface area contributed by atoms with Crippen LogP contribution in [0.2, 0.25) is 0 Å². The highest BCUT2D eigenvalue weighted by Crippen LogP contribution is 2.56. The molecule has 0 amide bonds. The topological polar surface area (TPSA) is 12.9 Å². The zero-order chi connectivity index (χ0) is 21.7. The minimum Gasteiger partial charge on any atom is -0.246 e. The summed E-state index contributed by atoms with van der Waals surface area (Å²) >= 11 is 0. The van der Waals surface area contributed by atoms with E-state index < -0.39 is 29.6 Å². The van der Waals surface area contributed by atoms with Crippen molar-refractivity contribution in [3.8, 4) is 11.1 Å². The van der Waals surface area contributed by atoms with Crippen molar-refractivity contribution in [1.29, 1.82) is 0 Å². The van der Waals surface area contributed by atoms with Gasteiger partial charge in [-0.3, -0.25) is 0 Å². The SMILES string of the molecule is FC(F)(F)C(F)(F)C(F)(F)C(F)(F)c1cc(-c2ccccc2)c2ccccc2n1. The van der Waals surface area contributed by atoms with Crippen molar-refractivity contribution in [3.63, 3.8) is 0 Å². The molecule has 3 aromatic rings. The summed E-state index contributed by atoms with van der Waals surface area (Å²) in [4.78, 5) is 3.26. The third-order valence-corrected chi connectivity index (χ3v) is 4.27. The molecule has 3 rings (SSSR count). The Labute approximate surface area is 157 Å². The number of hydrogen-bond acceptors (Lipinski definition) is 1. The van der Waals surface area contributed by atoms with E-state index in [1.807, 2.05) is 0 Å². The summed E-state index contributed by atoms with van der Waals surface area (Å²) in [5, 5.41) is 0.226. The van der Waals surface area contributed by atoms with Crippen LogP contribution in [-0.4, -0.2) is 23.0 Å². The van der Waals surface area contributed by atoms with Crippen LogP contribution in [0.5, 0.6) is 0 Å². The highest BCUT2D eigenvalue weighted by Gasteiger charge is 2.82. The summed E-state index contributed by atoms with van der Waals surface area (Å²) < 4.78 is 120. The van der Waals surface area contributed by atoms with Gasteiger partial charge in [-0.15, -0.1) is 0 Å². The van der Waals surface area contributed by atoms with E-state index in [2.05, 4.69) is 4.98 Å². The van der Waals surface area contributed by atoms with Gasteiger partial charge in [-0.2, -0.15) is 39.5 Å². The van der Waals surface area contributed by atoms with E-state index in [-0.39, 0.29) is 22.0 Å². The van der Waals surface area contributed by atoms with Crippen molar-refractivity contribution < 1.29 is 39.5 Å².